The summed E-state index contributed by atoms with van der Waals surface area (Å²) in [6.07, 6.45) is 0.733. The van der Waals surface area contributed by atoms with Crippen LogP contribution in [0.1, 0.15) is 28.5 Å². The molecule has 1 aromatic heterocycles. The number of hydrogen-bond acceptors (Lipinski definition) is 4. The van der Waals surface area contributed by atoms with Gasteiger partial charge in [0.2, 0.25) is 5.88 Å². The van der Waals surface area contributed by atoms with E-state index >= 15 is 0 Å². The van der Waals surface area contributed by atoms with Gasteiger partial charge in [-0.2, -0.15) is 0 Å². The number of aromatic nitrogens is 1. The third-order valence-corrected chi connectivity index (χ3v) is 3.94. The largest absolute Gasteiger partial charge is 0.496 e. The lowest BCUT2D eigenvalue weighted by atomic mass is 10.0. The summed E-state index contributed by atoms with van der Waals surface area (Å²) in [4.78, 5) is 19.1. The lowest BCUT2D eigenvalue weighted by molar-refractivity contribution is 0.0730. The van der Waals surface area contributed by atoms with Crippen LogP contribution in [0.15, 0.2) is 36.4 Å². The quantitative estimate of drug-likeness (QED) is 0.871. The molecule has 0 N–H and O–H groups in total. The van der Waals surface area contributed by atoms with Crippen molar-refractivity contribution in [2.45, 2.75) is 19.9 Å². The Hall–Kier alpha value is -2.56. The molecular formula is C18H20N2O3. The Bertz CT molecular complexity index is 715. The number of pyridine rings is 1. The number of methoxy groups -OCH3 is 1. The van der Waals surface area contributed by atoms with Gasteiger partial charge in [0.05, 0.1) is 25.0 Å². The van der Waals surface area contributed by atoms with Crippen LogP contribution in [0.3, 0.4) is 0 Å². The zero-order valence-electron chi connectivity index (χ0n) is 13.4. The Morgan fingerprint density at radius 1 is 1.26 bits per heavy atom. The summed E-state index contributed by atoms with van der Waals surface area (Å²) in [5, 5.41) is 0. The van der Waals surface area contributed by atoms with E-state index in [9.17, 15) is 4.79 Å². The summed E-state index contributed by atoms with van der Waals surface area (Å²) in [5.74, 6) is 1.24. The van der Waals surface area contributed by atoms with Gasteiger partial charge >= 0.3 is 0 Å². The maximum Gasteiger partial charge on any atom is 0.257 e. The number of benzene rings is 1. The first-order valence-corrected chi connectivity index (χ1v) is 7.76. The zero-order chi connectivity index (χ0) is 16.2. The van der Waals surface area contributed by atoms with Crippen molar-refractivity contribution in [3.8, 4) is 11.6 Å². The smallest absolute Gasteiger partial charge is 0.257 e. The predicted octanol–water partition coefficient (Wildman–Crippen LogP) is 2.69. The van der Waals surface area contributed by atoms with Gasteiger partial charge in [-0.25, -0.2) is 4.98 Å². The molecule has 0 unspecified atom stereocenters. The number of carbonyl (C=O) groups is 1. The number of fused-ring (bicyclic) bond motifs is 1. The lowest BCUT2D eigenvalue weighted by Crippen LogP contribution is -2.36. The monoisotopic (exact) mass is 312 g/mol. The molecule has 0 saturated carbocycles. The van der Waals surface area contributed by atoms with Crippen molar-refractivity contribution in [3.63, 3.8) is 0 Å². The molecule has 3 rings (SSSR count). The number of nitrogens with zero attached hydrogens (tertiary/aromatic N) is 2. The average Bonchev–Trinajstić information content (AvgIpc) is 2.61. The van der Waals surface area contributed by atoms with Crippen LogP contribution < -0.4 is 9.47 Å². The maximum absolute atomic E-state index is 12.8. The molecule has 5 nitrogen and oxygen atoms in total. The van der Waals surface area contributed by atoms with Crippen LogP contribution in [0.4, 0.5) is 0 Å². The Labute approximate surface area is 135 Å². The fourth-order valence-corrected chi connectivity index (χ4v) is 2.79. The van der Waals surface area contributed by atoms with E-state index in [0.29, 0.717) is 36.9 Å². The molecule has 0 fully saturated rings. The Morgan fingerprint density at radius 3 is 2.87 bits per heavy atom. The molecule has 1 aliphatic rings. The normalized spacial score (nSPS) is 13.4. The third kappa shape index (κ3) is 3.13. The summed E-state index contributed by atoms with van der Waals surface area (Å²) >= 11 is 0. The Kier molecular flexibility index (Phi) is 4.46. The lowest BCUT2D eigenvalue weighted by Gasteiger charge is -2.29. The van der Waals surface area contributed by atoms with Gasteiger partial charge in [-0.3, -0.25) is 4.79 Å². The summed E-state index contributed by atoms with van der Waals surface area (Å²) < 4.78 is 10.7. The standard InChI is InChI=1S/C18H20N2O3/c1-3-23-17-9-8-13-12-20(11-10-15(13)19-17)18(21)14-6-4-5-7-16(14)22-2/h4-9H,3,10-12H2,1-2H3. The molecule has 0 saturated heterocycles. The van der Waals surface area contributed by atoms with Crippen LogP contribution in [0.2, 0.25) is 0 Å². The molecule has 0 radical (unpaired) electrons. The third-order valence-electron chi connectivity index (χ3n) is 3.94. The molecule has 0 atom stereocenters. The number of amides is 1. The predicted molar refractivity (Wildman–Crippen MR) is 86.8 cm³/mol. The highest BCUT2D eigenvalue weighted by atomic mass is 16.5. The van der Waals surface area contributed by atoms with Crippen LogP contribution >= 0.6 is 0 Å². The molecule has 0 spiro atoms. The van der Waals surface area contributed by atoms with Crippen molar-refractivity contribution in [2.75, 3.05) is 20.3 Å². The van der Waals surface area contributed by atoms with Crippen LogP contribution in [-0.2, 0) is 13.0 Å². The molecule has 1 amide bonds. The van der Waals surface area contributed by atoms with Crippen LogP contribution in [0, 0.1) is 0 Å². The average molecular weight is 312 g/mol. The Balaban J connectivity index is 1.80. The summed E-state index contributed by atoms with van der Waals surface area (Å²) in [7, 11) is 1.58. The Morgan fingerprint density at radius 2 is 2.09 bits per heavy atom. The fraction of sp³-hybridized carbons (Fsp3) is 0.333. The number of para-hydroxylation sites is 1. The van der Waals surface area contributed by atoms with Gasteiger partial charge in [0.15, 0.2) is 0 Å². The first kappa shape index (κ1) is 15.3. The van der Waals surface area contributed by atoms with Crippen molar-refractivity contribution >= 4 is 5.91 Å². The van der Waals surface area contributed by atoms with Crippen molar-refractivity contribution in [3.05, 3.63) is 53.2 Å². The minimum absolute atomic E-state index is 0.0121. The van der Waals surface area contributed by atoms with Gasteiger partial charge in [-0.1, -0.05) is 18.2 Å². The van der Waals surface area contributed by atoms with Crippen LogP contribution in [0.25, 0.3) is 0 Å². The van der Waals surface area contributed by atoms with E-state index < -0.39 is 0 Å². The molecule has 0 bridgehead atoms. The molecule has 2 heterocycles. The molecule has 5 heteroatoms. The molecule has 23 heavy (non-hydrogen) atoms. The van der Waals surface area contributed by atoms with E-state index in [1.165, 1.54) is 0 Å². The molecule has 1 aliphatic heterocycles. The second kappa shape index (κ2) is 6.69. The van der Waals surface area contributed by atoms with Crippen molar-refractivity contribution in [2.24, 2.45) is 0 Å². The summed E-state index contributed by atoms with van der Waals surface area (Å²) in [6.45, 7) is 3.75. The van der Waals surface area contributed by atoms with Gasteiger partial charge in [0.25, 0.3) is 5.91 Å². The highest BCUT2D eigenvalue weighted by Crippen LogP contribution is 2.25. The van der Waals surface area contributed by atoms with E-state index in [-0.39, 0.29) is 5.91 Å². The molecule has 0 aliphatic carbocycles. The van der Waals surface area contributed by atoms with E-state index in [0.717, 1.165) is 17.7 Å². The highest BCUT2D eigenvalue weighted by molar-refractivity contribution is 5.97. The van der Waals surface area contributed by atoms with Crippen molar-refractivity contribution in [1.82, 2.24) is 9.88 Å². The molecule has 2 aromatic rings. The van der Waals surface area contributed by atoms with E-state index in [2.05, 4.69) is 4.98 Å². The number of hydrogen-bond donors (Lipinski definition) is 0. The summed E-state index contributed by atoms with van der Waals surface area (Å²) in [6, 6.07) is 11.2. The van der Waals surface area contributed by atoms with Crippen LogP contribution in [-0.4, -0.2) is 36.1 Å². The summed E-state index contributed by atoms with van der Waals surface area (Å²) in [5.41, 5.74) is 2.68. The molecule has 1 aromatic carbocycles. The van der Waals surface area contributed by atoms with Gasteiger partial charge in [-0.15, -0.1) is 0 Å². The van der Waals surface area contributed by atoms with Gasteiger partial charge in [0.1, 0.15) is 5.75 Å². The number of ether oxygens (including phenoxy) is 2. The van der Waals surface area contributed by atoms with E-state index in [4.69, 9.17) is 9.47 Å². The minimum atomic E-state index is -0.0121. The second-order valence-corrected chi connectivity index (χ2v) is 5.37. The number of carbonyl (C=O) groups excluding carboxylic acids is 1. The van der Waals surface area contributed by atoms with E-state index in [1.807, 2.05) is 36.1 Å². The fourth-order valence-electron chi connectivity index (χ4n) is 2.79. The molecular weight excluding hydrogens is 292 g/mol. The van der Waals surface area contributed by atoms with Crippen molar-refractivity contribution in [1.29, 1.82) is 0 Å². The second-order valence-electron chi connectivity index (χ2n) is 5.37. The maximum atomic E-state index is 12.8. The highest BCUT2D eigenvalue weighted by Gasteiger charge is 2.24. The minimum Gasteiger partial charge on any atom is -0.496 e. The van der Waals surface area contributed by atoms with Gasteiger partial charge in [0, 0.05) is 25.6 Å². The number of rotatable bonds is 4. The zero-order valence-corrected chi connectivity index (χ0v) is 13.4. The topological polar surface area (TPSA) is 51.7 Å². The van der Waals surface area contributed by atoms with Gasteiger partial charge in [-0.05, 0) is 24.6 Å². The first-order chi connectivity index (χ1) is 11.2. The van der Waals surface area contributed by atoms with E-state index in [1.54, 1.807) is 19.2 Å². The van der Waals surface area contributed by atoms with Crippen molar-refractivity contribution < 1.29 is 14.3 Å². The SMILES string of the molecule is CCOc1ccc2c(n1)CCN(C(=O)c1ccccc1OC)C2. The van der Waals surface area contributed by atoms with Gasteiger partial charge < -0.3 is 14.4 Å². The van der Waals surface area contributed by atoms with Crippen LogP contribution in [0.5, 0.6) is 11.6 Å². The molecule has 120 valence electrons. The first-order valence-electron chi connectivity index (χ1n) is 7.76.